The number of anilines is 3. The largest absolute Gasteiger partial charge is 0.378 e. The standard InChI is InChI=1S/C20H20N6/c1-25(2)16-10-8-15(9-11-16)22-20-17-6-4-5-7-18(17)23-19(24-20)14-12-21-26(3)13-14/h4-13H,1-3H3,(H,22,23,24). The van der Waals surface area contributed by atoms with Crippen molar-refractivity contribution in [3.63, 3.8) is 0 Å². The molecule has 4 aromatic rings. The van der Waals surface area contributed by atoms with Gasteiger partial charge >= 0.3 is 0 Å². The molecule has 0 aliphatic carbocycles. The Hall–Kier alpha value is -3.41. The molecule has 0 atom stereocenters. The van der Waals surface area contributed by atoms with Gasteiger partial charge in [-0.3, -0.25) is 4.68 Å². The van der Waals surface area contributed by atoms with Gasteiger partial charge in [0, 0.05) is 44.1 Å². The van der Waals surface area contributed by atoms with Crippen LogP contribution >= 0.6 is 0 Å². The highest BCUT2D eigenvalue weighted by atomic mass is 15.2. The van der Waals surface area contributed by atoms with Gasteiger partial charge in [0.15, 0.2) is 5.82 Å². The van der Waals surface area contributed by atoms with Crippen LogP contribution in [-0.2, 0) is 7.05 Å². The molecule has 0 saturated carbocycles. The highest BCUT2D eigenvalue weighted by Gasteiger charge is 2.11. The molecule has 0 radical (unpaired) electrons. The van der Waals surface area contributed by atoms with Crippen molar-refractivity contribution in [2.45, 2.75) is 0 Å². The van der Waals surface area contributed by atoms with E-state index < -0.39 is 0 Å². The van der Waals surface area contributed by atoms with Crippen molar-refractivity contribution in [2.75, 3.05) is 24.3 Å². The Morgan fingerprint density at radius 3 is 2.42 bits per heavy atom. The van der Waals surface area contributed by atoms with Gasteiger partial charge in [0.05, 0.1) is 17.3 Å². The van der Waals surface area contributed by atoms with Gasteiger partial charge in [-0.1, -0.05) is 12.1 Å². The summed E-state index contributed by atoms with van der Waals surface area (Å²) in [5.74, 6) is 1.44. The van der Waals surface area contributed by atoms with E-state index in [0.29, 0.717) is 5.82 Å². The quantitative estimate of drug-likeness (QED) is 0.609. The van der Waals surface area contributed by atoms with Crippen molar-refractivity contribution in [1.82, 2.24) is 19.7 Å². The van der Waals surface area contributed by atoms with E-state index in [-0.39, 0.29) is 0 Å². The minimum atomic E-state index is 0.657. The first kappa shape index (κ1) is 16.1. The van der Waals surface area contributed by atoms with E-state index in [1.807, 2.05) is 51.6 Å². The molecule has 2 aromatic carbocycles. The predicted octanol–water partition coefficient (Wildman–Crippen LogP) is 3.84. The first-order valence-electron chi connectivity index (χ1n) is 8.40. The van der Waals surface area contributed by atoms with Crippen LogP contribution in [0.2, 0.25) is 0 Å². The third-order valence-electron chi connectivity index (χ3n) is 4.21. The molecule has 0 unspecified atom stereocenters. The number of nitrogens with zero attached hydrogens (tertiary/aromatic N) is 5. The molecule has 2 heterocycles. The lowest BCUT2D eigenvalue weighted by Crippen LogP contribution is -2.08. The van der Waals surface area contributed by atoms with Crippen molar-refractivity contribution < 1.29 is 0 Å². The molecule has 0 amide bonds. The highest BCUT2D eigenvalue weighted by molar-refractivity contribution is 5.92. The molecule has 26 heavy (non-hydrogen) atoms. The van der Waals surface area contributed by atoms with Crippen LogP contribution in [0.1, 0.15) is 0 Å². The lowest BCUT2D eigenvalue weighted by Gasteiger charge is -2.14. The number of hydrogen-bond donors (Lipinski definition) is 1. The predicted molar refractivity (Wildman–Crippen MR) is 106 cm³/mol. The number of para-hydroxylation sites is 1. The zero-order valence-corrected chi connectivity index (χ0v) is 15.0. The second-order valence-electron chi connectivity index (χ2n) is 6.38. The van der Waals surface area contributed by atoms with Crippen LogP contribution in [0.15, 0.2) is 60.9 Å². The fourth-order valence-corrected chi connectivity index (χ4v) is 2.82. The van der Waals surface area contributed by atoms with Crippen molar-refractivity contribution in [3.8, 4) is 11.4 Å². The zero-order valence-electron chi connectivity index (χ0n) is 15.0. The van der Waals surface area contributed by atoms with Gasteiger partial charge in [0.1, 0.15) is 5.82 Å². The van der Waals surface area contributed by atoms with Crippen molar-refractivity contribution >= 4 is 28.1 Å². The van der Waals surface area contributed by atoms with Gasteiger partial charge in [-0.25, -0.2) is 9.97 Å². The van der Waals surface area contributed by atoms with Crippen LogP contribution in [0.5, 0.6) is 0 Å². The third kappa shape index (κ3) is 3.09. The second kappa shape index (κ2) is 6.48. The summed E-state index contributed by atoms with van der Waals surface area (Å²) >= 11 is 0. The molecule has 6 nitrogen and oxygen atoms in total. The Kier molecular flexibility index (Phi) is 4.01. The summed E-state index contributed by atoms with van der Waals surface area (Å²) in [7, 11) is 5.94. The summed E-state index contributed by atoms with van der Waals surface area (Å²) in [6.07, 6.45) is 3.69. The minimum Gasteiger partial charge on any atom is -0.378 e. The monoisotopic (exact) mass is 344 g/mol. The molecular weight excluding hydrogens is 324 g/mol. The topological polar surface area (TPSA) is 58.9 Å². The molecule has 4 rings (SSSR count). The molecule has 0 saturated heterocycles. The summed E-state index contributed by atoms with van der Waals surface area (Å²) in [4.78, 5) is 11.5. The van der Waals surface area contributed by atoms with Crippen molar-refractivity contribution in [2.24, 2.45) is 7.05 Å². The molecule has 0 fully saturated rings. The number of fused-ring (bicyclic) bond motifs is 1. The van der Waals surface area contributed by atoms with E-state index in [0.717, 1.165) is 33.7 Å². The van der Waals surface area contributed by atoms with Gasteiger partial charge in [0.2, 0.25) is 0 Å². The van der Waals surface area contributed by atoms with E-state index in [4.69, 9.17) is 4.98 Å². The van der Waals surface area contributed by atoms with E-state index in [9.17, 15) is 0 Å². The fourth-order valence-electron chi connectivity index (χ4n) is 2.82. The summed E-state index contributed by atoms with van der Waals surface area (Å²) in [5, 5.41) is 8.64. The minimum absolute atomic E-state index is 0.657. The Labute approximate surface area is 152 Å². The van der Waals surface area contributed by atoms with Crippen LogP contribution < -0.4 is 10.2 Å². The van der Waals surface area contributed by atoms with Crippen LogP contribution in [0, 0.1) is 0 Å². The lowest BCUT2D eigenvalue weighted by molar-refractivity contribution is 0.768. The smallest absolute Gasteiger partial charge is 0.165 e. The molecule has 6 heteroatoms. The molecule has 0 aliphatic rings. The first-order chi connectivity index (χ1) is 12.6. The number of hydrogen-bond acceptors (Lipinski definition) is 5. The van der Waals surface area contributed by atoms with Gasteiger partial charge in [0.25, 0.3) is 0 Å². The zero-order chi connectivity index (χ0) is 18.1. The van der Waals surface area contributed by atoms with Crippen molar-refractivity contribution in [3.05, 3.63) is 60.9 Å². The number of rotatable bonds is 4. The van der Waals surface area contributed by atoms with E-state index in [2.05, 4.69) is 44.6 Å². The molecule has 130 valence electrons. The van der Waals surface area contributed by atoms with Crippen LogP contribution in [-0.4, -0.2) is 33.8 Å². The molecule has 0 spiro atoms. The number of aryl methyl sites for hydroxylation is 1. The van der Waals surface area contributed by atoms with Gasteiger partial charge in [-0.2, -0.15) is 5.10 Å². The fraction of sp³-hybridized carbons (Fsp3) is 0.150. The molecule has 1 N–H and O–H groups in total. The lowest BCUT2D eigenvalue weighted by atomic mass is 10.2. The molecule has 2 aromatic heterocycles. The third-order valence-corrected chi connectivity index (χ3v) is 4.21. The average molecular weight is 344 g/mol. The summed E-state index contributed by atoms with van der Waals surface area (Å²) in [5.41, 5.74) is 3.92. The van der Waals surface area contributed by atoms with Gasteiger partial charge in [-0.05, 0) is 36.4 Å². The first-order valence-corrected chi connectivity index (χ1v) is 8.40. The normalized spacial score (nSPS) is 10.9. The SMILES string of the molecule is CN(C)c1ccc(Nc2nc(-c3cnn(C)c3)nc3ccccc23)cc1. The molecule has 0 bridgehead atoms. The van der Waals surface area contributed by atoms with Crippen molar-refractivity contribution in [1.29, 1.82) is 0 Å². The Morgan fingerprint density at radius 1 is 0.962 bits per heavy atom. The number of aromatic nitrogens is 4. The highest BCUT2D eigenvalue weighted by Crippen LogP contribution is 2.27. The Morgan fingerprint density at radius 2 is 1.73 bits per heavy atom. The summed E-state index contributed by atoms with van der Waals surface area (Å²) in [6, 6.07) is 16.3. The van der Waals surface area contributed by atoms with Crippen LogP contribution in [0.25, 0.3) is 22.3 Å². The Bertz CT molecular complexity index is 1050. The summed E-state index contributed by atoms with van der Waals surface area (Å²) < 4.78 is 1.75. The van der Waals surface area contributed by atoms with E-state index in [1.54, 1.807) is 10.9 Å². The maximum atomic E-state index is 4.75. The van der Waals surface area contributed by atoms with Gasteiger partial charge in [-0.15, -0.1) is 0 Å². The molecular formula is C20H20N6. The maximum absolute atomic E-state index is 4.75. The maximum Gasteiger partial charge on any atom is 0.165 e. The second-order valence-corrected chi connectivity index (χ2v) is 6.38. The van der Waals surface area contributed by atoms with Crippen LogP contribution in [0.4, 0.5) is 17.2 Å². The number of benzene rings is 2. The van der Waals surface area contributed by atoms with Gasteiger partial charge < -0.3 is 10.2 Å². The summed E-state index contributed by atoms with van der Waals surface area (Å²) in [6.45, 7) is 0. The van der Waals surface area contributed by atoms with E-state index in [1.165, 1.54) is 0 Å². The van der Waals surface area contributed by atoms with E-state index >= 15 is 0 Å². The number of nitrogens with one attached hydrogen (secondary N) is 1. The average Bonchev–Trinajstić information content (AvgIpc) is 3.08. The Balaban J connectivity index is 1.77. The van der Waals surface area contributed by atoms with Crippen LogP contribution in [0.3, 0.4) is 0 Å². The molecule has 0 aliphatic heterocycles.